The highest BCUT2D eigenvalue weighted by molar-refractivity contribution is 6.22. The largest absolute Gasteiger partial charge is 0.348 e. The van der Waals surface area contributed by atoms with E-state index >= 15 is 0 Å². The first kappa shape index (κ1) is 13.1. The van der Waals surface area contributed by atoms with Crippen LogP contribution in [0.4, 0.5) is 0 Å². The van der Waals surface area contributed by atoms with Gasteiger partial charge in [-0.05, 0) is 6.42 Å². The van der Waals surface area contributed by atoms with Crippen molar-refractivity contribution in [2.24, 2.45) is 5.92 Å². The van der Waals surface area contributed by atoms with E-state index in [1.54, 1.807) is 0 Å². The summed E-state index contributed by atoms with van der Waals surface area (Å²) in [6, 6.07) is 0. The van der Waals surface area contributed by atoms with Crippen LogP contribution in [0.1, 0.15) is 27.2 Å². The molecule has 0 aromatic heterocycles. The highest BCUT2D eigenvalue weighted by Gasteiger charge is 2.28. The molecule has 0 fully saturated rings. The summed E-state index contributed by atoms with van der Waals surface area (Å²) in [5.74, 6) is 0.678. The SMILES string of the molecule is CCC(CCl)(CCl)NC(=O)C(C)C. The normalized spacial score (nSPS) is 11.8. The summed E-state index contributed by atoms with van der Waals surface area (Å²) >= 11 is 11.5. The van der Waals surface area contributed by atoms with Gasteiger partial charge in [-0.2, -0.15) is 0 Å². The lowest BCUT2D eigenvalue weighted by Gasteiger charge is -2.30. The van der Waals surface area contributed by atoms with Gasteiger partial charge in [0.1, 0.15) is 0 Å². The van der Waals surface area contributed by atoms with E-state index in [1.807, 2.05) is 20.8 Å². The Morgan fingerprint density at radius 1 is 1.38 bits per heavy atom. The second-order valence-electron chi connectivity index (χ2n) is 3.55. The number of rotatable bonds is 5. The summed E-state index contributed by atoms with van der Waals surface area (Å²) < 4.78 is 0. The molecule has 1 amide bonds. The molecule has 0 aromatic carbocycles. The minimum Gasteiger partial charge on any atom is -0.348 e. The van der Waals surface area contributed by atoms with Crippen molar-refractivity contribution in [3.63, 3.8) is 0 Å². The second-order valence-corrected chi connectivity index (χ2v) is 4.08. The van der Waals surface area contributed by atoms with E-state index in [0.29, 0.717) is 11.8 Å². The van der Waals surface area contributed by atoms with Gasteiger partial charge in [0.2, 0.25) is 5.91 Å². The lowest BCUT2D eigenvalue weighted by Crippen LogP contribution is -2.52. The number of hydrogen-bond acceptors (Lipinski definition) is 1. The Morgan fingerprint density at radius 2 is 1.85 bits per heavy atom. The monoisotopic (exact) mass is 225 g/mol. The molecule has 0 heterocycles. The van der Waals surface area contributed by atoms with E-state index in [4.69, 9.17) is 23.2 Å². The van der Waals surface area contributed by atoms with Crippen LogP contribution in [-0.4, -0.2) is 23.2 Å². The zero-order valence-corrected chi connectivity index (χ0v) is 9.87. The molecule has 0 aliphatic rings. The van der Waals surface area contributed by atoms with E-state index in [0.717, 1.165) is 6.42 Å². The Labute approximate surface area is 90.0 Å². The van der Waals surface area contributed by atoms with Gasteiger partial charge in [0.15, 0.2) is 0 Å². The van der Waals surface area contributed by atoms with Crippen molar-refractivity contribution in [1.29, 1.82) is 0 Å². The van der Waals surface area contributed by atoms with Crippen molar-refractivity contribution in [3.05, 3.63) is 0 Å². The molecule has 4 heteroatoms. The van der Waals surface area contributed by atoms with Crippen LogP contribution in [0.25, 0.3) is 0 Å². The van der Waals surface area contributed by atoms with Crippen LogP contribution in [0.2, 0.25) is 0 Å². The zero-order valence-electron chi connectivity index (χ0n) is 8.36. The molecule has 0 rings (SSSR count). The predicted molar refractivity (Wildman–Crippen MR) is 57.4 cm³/mol. The van der Waals surface area contributed by atoms with Gasteiger partial charge in [0.25, 0.3) is 0 Å². The van der Waals surface area contributed by atoms with Gasteiger partial charge in [-0.1, -0.05) is 20.8 Å². The fourth-order valence-electron chi connectivity index (χ4n) is 0.786. The molecule has 2 nitrogen and oxygen atoms in total. The summed E-state index contributed by atoms with van der Waals surface area (Å²) in [5.41, 5.74) is -0.440. The maximum atomic E-state index is 11.4. The average Bonchev–Trinajstić information content (AvgIpc) is 2.14. The van der Waals surface area contributed by atoms with Gasteiger partial charge >= 0.3 is 0 Å². The summed E-state index contributed by atoms with van der Waals surface area (Å²) in [5, 5.41) is 2.88. The third kappa shape index (κ3) is 3.74. The molecule has 1 N–H and O–H groups in total. The summed E-state index contributed by atoms with van der Waals surface area (Å²) in [6.07, 6.45) is 0.748. The molecular formula is C9H17Cl2NO. The molecule has 0 saturated carbocycles. The summed E-state index contributed by atoms with van der Waals surface area (Å²) in [4.78, 5) is 11.4. The number of carbonyl (C=O) groups is 1. The Kier molecular flexibility index (Phi) is 5.73. The molecule has 0 unspecified atom stereocenters. The van der Waals surface area contributed by atoms with Gasteiger partial charge in [0.05, 0.1) is 5.54 Å². The summed E-state index contributed by atoms with van der Waals surface area (Å²) in [6.45, 7) is 5.65. The highest BCUT2D eigenvalue weighted by atomic mass is 35.5. The molecule has 0 aliphatic carbocycles. The van der Waals surface area contributed by atoms with Gasteiger partial charge in [-0.25, -0.2) is 0 Å². The van der Waals surface area contributed by atoms with Crippen molar-refractivity contribution in [2.45, 2.75) is 32.7 Å². The number of halogens is 2. The first-order valence-corrected chi connectivity index (χ1v) is 5.52. The van der Waals surface area contributed by atoms with Crippen molar-refractivity contribution in [3.8, 4) is 0 Å². The van der Waals surface area contributed by atoms with E-state index in [1.165, 1.54) is 0 Å². The quantitative estimate of drug-likeness (QED) is 0.716. The smallest absolute Gasteiger partial charge is 0.223 e. The van der Waals surface area contributed by atoms with Crippen LogP contribution in [0, 0.1) is 5.92 Å². The third-order valence-electron chi connectivity index (χ3n) is 2.10. The number of nitrogens with one attached hydrogen (secondary N) is 1. The standard InChI is InChI=1S/C9H17Cl2NO/c1-4-9(5-10,6-11)12-8(13)7(2)3/h7H,4-6H2,1-3H3,(H,12,13). The molecule has 0 bridgehead atoms. The Morgan fingerprint density at radius 3 is 2.08 bits per heavy atom. The predicted octanol–water partition coefficient (Wildman–Crippen LogP) is 2.39. The van der Waals surface area contributed by atoms with Gasteiger partial charge < -0.3 is 5.32 Å². The Bertz CT molecular complexity index is 159. The minimum absolute atomic E-state index is 0.00292. The van der Waals surface area contributed by atoms with Gasteiger partial charge in [-0.15, -0.1) is 23.2 Å². The van der Waals surface area contributed by atoms with Crippen LogP contribution < -0.4 is 5.32 Å². The van der Waals surface area contributed by atoms with Crippen molar-refractivity contribution < 1.29 is 4.79 Å². The fraction of sp³-hybridized carbons (Fsp3) is 0.889. The van der Waals surface area contributed by atoms with E-state index in [2.05, 4.69) is 5.32 Å². The molecule has 0 saturated heterocycles. The van der Waals surface area contributed by atoms with Crippen LogP contribution in [-0.2, 0) is 4.79 Å². The van der Waals surface area contributed by atoms with Crippen LogP contribution in [0.15, 0.2) is 0 Å². The molecule has 0 atom stereocenters. The van der Waals surface area contributed by atoms with Crippen LogP contribution in [0.5, 0.6) is 0 Å². The molecule has 13 heavy (non-hydrogen) atoms. The number of carbonyl (C=O) groups excluding carboxylic acids is 1. The van der Waals surface area contributed by atoms with Crippen molar-refractivity contribution in [2.75, 3.05) is 11.8 Å². The van der Waals surface area contributed by atoms with Crippen LogP contribution >= 0.6 is 23.2 Å². The number of hydrogen-bond donors (Lipinski definition) is 1. The lowest BCUT2D eigenvalue weighted by molar-refractivity contribution is -0.125. The maximum Gasteiger partial charge on any atom is 0.223 e. The third-order valence-corrected chi connectivity index (χ3v) is 3.12. The number of alkyl halides is 2. The molecular weight excluding hydrogens is 209 g/mol. The van der Waals surface area contributed by atoms with Crippen molar-refractivity contribution >= 4 is 29.1 Å². The lowest BCUT2D eigenvalue weighted by atomic mass is 10.00. The van der Waals surface area contributed by atoms with Crippen molar-refractivity contribution in [1.82, 2.24) is 5.32 Å². The highest BCUT2D eigenvalue weighted by Crippen LogP contribution is 2.15. The average molecular weight is 226 g/mol. The van der Waals surface area contributed by atoms with E-state index in [9.17, 15) is 4.79 Å². The molecule has 78 valence electrons. The molecule has 0 aliphatic heterocycles. The number of amides is 1. The Hall–Kier alpha value is 0.0500. The van der Waals surface area contributed by atoms with E-state index < -0.39 is 5.54 Å². The van der Waals surface area contributed by atoms with E-state index in [-0.39, 0.29) is 11.8 Å². The first-order chi connectivity index (χ1) is 6.01. The van der Waals surface area contributed by atoms with Gasteiger partial charge in [0, 0.05) is 17.7 Å². The van der Waals surface area contributed by atoms with Crippen LogP contribution in [0.3, 0.4) is 0 Å². The zero-order chi connectivity index (χ0) is 10.5. The topological polar surface area (TPSA) is 29.1 Å². The fourth-order valence-corrected chi connectivity index (χ4v) is 1.58. The second kappa shape index (κ2) is 5.71. The Balaban J connectivity index is 4.33. The molecule has 0 aromatic rings. The summed E-state index contributed by atoms with van der Waals surface area (Å²) in [7, 11) is 0. The first-order valence-electron chi connectivity index (χ1n) is 4.45. The molecule has 0 radical (unpaired) electrons. The van der Waals surface area contributed by atoms with Gasteiger partial charge in [-0.3, -0.25) is 4.79 Å². The molecule has 0 spiro atoms. The maximum absolute atomic E-state index is 11.4. The minimum atomic E-state index is -0.440.